The number of ether oxygens (including phenoxy) is 1. The molecule has 0 aliphatic carbocycles. The maximum atomic E-state index is 13.7. The number of rotatable bonds is 2. The molecule has 0 amide bonds. The maximum absolute atomic E-state index is 13.7. The quantitative estimate of drug-likeness (QED) is 0.787. The lowest BCUT2D eigenvalue weighted by Crippen LogP contribution is -1.99. The first kappa shape index (κ1) is 11.9. The van der Waals surface area contributed by atoms with Crippen molar-refractivity contribution in [3.05, 3.63) is 47.1 Å². The molecule has 2 N–H and O–H groups in total. The van der Waals surface area contributed by atoms with Crippen LogP contribution in [0.5, 0.6) is 11.6 Å². The van der Waals surface area contributed by atoms with Gasteiger partial charge in [-0.2, -0.15) is 4.98 Å². The number of halogens is 2. The highest BCUT2D eigenvalue weighted by Gasteiger charge is 2.11. The molecule has 0 saturated carbocycles. The lowest BCUT2D eigenvalue weighted by molar-refractivity contribution is 0.429. The van der Waals surface area contributed by atoms with E-state index in [1.807, 2.05) is 0 Å². The summed E-state index contributed by atoms with van der Waals surface area (Å²) in [7, 11) is 0. The van der Waals surface area contributed by atoms with Gasteiger partial charge in [0, 0.05) is 16.9 Å². The van der Waals surface area contributed by atoms with Crippen LogP contribution in [0.1, 0.15) is 0 Å². The first-order valence-electron chi connectivity index (χ1n) is 5.35. The van der Waals surface area contributed by atoms with Crippen molar-refractivity contribution in [2.45, 2.75) is 0 Å². The summed E-state index contributed by atoms with van der Waals surface area (Å²) in [6, 6.07) is 4.49. The second-order valence-electron chi connectivity index (χ2n) is 3.81. The van der Waals surface area contributed by atoms with Crippen molar-refractivity contribution >= 4 is 27.4 Å². The summed E-state index contributed by atoms with van der Waals surface area (Å²) >= 11 is 3.18. The molecule has 3 aromatic rings. The molecular weight excluding hydrogens is 315 g/mol. The standard InChI is InChI=1S/C12H8BrFN4O/c13-7-1-2-9(8(14)5-7)19-12-11-16-3-4-18(11)6-10(15)17-12/h1-6H,15H2. The van der Waals surface area contributed by atoms with Crippen LogP contribution < -0.4 is 10.5 Å². The molecule has 0 spiro atoms. The fourth-order valence-electron chi connectivity index (χ4n) is 1.65. The third-order valence-corrected chi connectivity index (χ3v) is 2.96. The number of imidazole rings is 1. The number of nitrogen functional groups attached to an aromatic ring is 1. The SMILES string of the molecule is Nc1cn2ccnc2c(Oc2ccc(Br)cc2F)n1. The molecule has 0 bridgehead atoms. The van der Waals surface area contributed by atoms with Crippen LogP contribution in [0, 0.1) is 5.82 Å². The average molecular weight is 323 g/mol. The van der Waals surface area contributed by atoms with E-state index >= 15 is 0 Å². The highest BCUT2D eigenvalue weighted by molar-refractivity contribution is 9.10. The summed E-state index contributed by atoms with van der Waals surface area (Å²) in [5, 5.41) is 0. The van der Waals surface area contributed by atoms with Crippen molar-refractivity contribution in [2.75, 3.05) is 5.73 Å². The highest BCUT2D eigenvalue weighted by atomic mass is 79.9. The first-order chi connectivity index (χ1) is 9.13. The van der Waals surface area contributed by atoms with E-state index in [1.165, 1.54) is 12.1 Å². The number of hydrogen-bond acceptors (Lipinski definition) is 4. The smallest absolute Gasteiger partial charge is 0.265 e. The van der Waals surface area contributed by atoms with E-state index < -0.39 is 5.82 Å². The van der Waals surface area contributed by atoms with Gasteiger partial charge in [0.15, 0.2) is 11.6 Å². The molecule has 0 fully saturated rings. The molecule has 0 atom stereocenters. The Morgan fingerprint density at radius 2 is 2.21 bits per heavy atom. The molecule has 0 unspecified atom stereocenters. The Balaban J connectivity index is 2.07. The Kier molecular flexibility index (Phi) is 2.83. The van der Waals surface area contributed by atoms with Gasteiger partial charge in [-0.25, -0.2) is 9.37 Å². The molecule has 5 nitrogen and oxygen atoms in total. The summed E-state index contributed by atoms with van der Waals surface area (Å²) < 4.78 is 21.5. The molecule has 0 aliphatic heterocycles. The van der Waals surface area contributed by atoms with Gasteiger partial charge in [-0.1, -0.05) is 15.9 Å². The van der Waals surface area contributed by atoms with Gasteiger partial charge in [0.25, 0.3) is 5.88 Å². The highest BCUT2D eigenvalue weighted by Crippen LogP contribution is 2.28. The van der Waals surface area contributed by atoms with Crippen molar-refractivity contribution in [3.63, 3.8) is 0 Å². The lowest BCUT2D eigenvalue weighted by atomic mass is 10.3. The summed E-state index contributed by atoms with van der Waals surface area (Å²) in [5.74, 6) is -0.0150. The van der Waals surface area contributed by atoms with Crippen LogP contribution in [0.4, 0.5) is 10.2 Å². The minimum atomic E-state index is -0.497. The van der Waals surface area contributed by atoms with Gasteiger partial charge in [0.05, 0.1) is 6.20 Å². The average Bonchev–Trinajstić information content (AvgIpc) is 2.80. The van der Waals surface area contributed by atoms with Crippen molar-refractivity contribution in [1.82, 2.24) is 14.4 Å². The topological polar surface area (TPSA) is 65.4 Å². The fourth-order valence-corrected chi connectivity index (χ4v) is 1.99. The third-order valence-electron chi connectivity index (χ3n) is 2.46. The molecule has 0 radical (unpaired) electrons. The zero-order valence-electron chi connectivity index (χ0n) is 9.55. The predicted octanol–water partition coefficient (Wildman–Crippen LogP) is 3.01. The molecule has 2 aromatic heterocycles. The van der Waals surface area contributed by atoms with E-state index in [2.05, 4.69) is 25.9 Å². The number of nitrogens with two attached hydrogens (primary N) is 1. The van der Waals surface area contributed by atoms with Crippen LogP contribution in [0.2, 0.25) is 0 Å². The van der Waals surface area contributed by atoms with Crippen molar-refractivity contribution in [1.29, 1.82) is 0 Å². The molecule has 0 aliphatic rings. The molecule has 7 heteroatoms. The maximum Gasteiger partial charge on any atom is 0.265 e. The van der Waals surface area contributed by atoms with Crippen LogP contribution in [0.25, 0.3) is 5.65 Å². The van der Waals surface area contributed by atoms with E-state index in [-0.39, 0.29) is 17.4 Å². The van der Waals surface area contributed by atoms with Crippen LogP contribution in [-0.2, 0) is 0 Å². The van der Waals surface area contributed by atoms with Gasteiger partial charge in [-0.3, -0.25) is 4.40 Å². The van der Waals surface area contributed by atoms with E-state index in [0.717, 1.165) is 0 Å². The van der Waals surface area contributed by atoms with Crippen LogP contribution >= 0.6 is 15.9 Å². The summed E-state index contributed by atoms with van der Waals surface area (Å²) in [6.07, 6.45) is 4.90. The van der Waals surface area contributed by atoms with Gasteiger partial charge in [-0.05, 0) is 18.2 Å². The molecular formula is C12H8BrFN4O. The Morgan fingerprint density at radius 3 is 3.00 bits per heavy atom. The van der Waals surface area contributed by atoms with E-state index in [9.17, 15) is 4.39 Å². The Labute approximate surface area is 116 Å². The number of benzene rings is 1. The zero-order valence-corrected chi connectivity index (χ0v) is 11.1. The number of hydrogen-bond donors (Lipinski definition) is 1. The second-order valence-corrected chi connectivity index (χ2v) is 4.72. The summed E-state index contributed by atoms with van der Waals surface area (Å²) in [6.45, 7) is 0. The van der Waals surface area contributed by atoms with Crippen LogP contribution in [0.3, 0.4) is 0 Å². The molecule has 0 saturated heterocycles. The summed E-state index contributed by atoms with van der Waals surface area (Å²) in [5.41, 5.74) is 6.13. The molecule has 1 aromatic carbocycles. The Bertz CT molecular complexity index is 759. The summed E-state index contributed by atoms with van der Waals surface area (Å²) in [4.78, 5) is 8.12. The number of aromatic nitrogens is 3. The predicted molar refractivity (Wildman–Crippen MR) is 71.6 cm³/mol. The first-order valence-corrected chi connectivity index (χ1v) is 6.15. The number of fused-ring (bicyclic) bond motifs is 1. The van der Waals surface area contributed by atoms with Gasteiger partial charge < -0.3 is 10.5 Å². The third kappa shape index (κ3) is 2.24. The minimum absolute atomic E-state index is 0.0613. The van der Waals surface area contributed by atoms with E-state index in [4.69, 9.17) is 10.5 Å². The fraction of sp³-hybridized carbons (Fsp3) is 0. The monoisotopic (exact) mass is 322 g/mol. The van der Waals surface area contributed by atoms with Gasteiger partial charge in [-0.15, -0.1) is 0 Å². The minimum Gasteiger partial charge on any atom is -0.433 e. The number of anilines is 1. The second kappa shape index (κ2) is 4.51. The van der Waals surface area contributed by atoms with Crippen molar-refractivity contribution in [2.24, 2.45) is 0 Å². The Morgan fingerprint density at radius 1 is 1.37 bits per heavy atom. The van der Waals surface area contributed by atoms with Crippen molar-refractivity contribution in [3.8, 4) is 11.6 Å². The van der Waals surface area contributed by atoms with E-state index in [0.29, 0.717) is 10.1 Å². The van der Waals surface area contributed by atoms with Crippen LogP contribution in [-0.4, -0.2) is 14.4 Å². The van der Waals surface area contributed by atoms with Crippen molar-refractivity contribution < 1.29 is 9.13 Å². The molecule has 3 rings (SSSR count). The zero-order chi connectivity index (χ0) is 13.4. The van der Waals surface area contributed by atoms with E-state index in [1.54, 1.807) is 29.1 Å². The molecule has 96 valence electrons. The van der Waals surface area contributed by atoms with Gasteiger partial charge in [0.2, 0.25) is 5.65 Å². The van der Waals surface area contributed by atoms with Crippen LogP contribution in [0.15, 0.2) is 41.3 Å². The molecule has 19 heavy (non-hydrogen) atoms. The number of nitrogens with zero attached hydrogens (tertiary/aromatic N) is 3. The molecule has 2 heterocycles. The largest absolute Gasteiger partial charge is 0.433 e. The normalized spacial score (nSPS) is 10.8. The lowest BCUT2D eigenvalue weighted by Gasteiger charge is -2.08. The Hall–Kier alpha value is -2.15. The van der Waals surface area contributed by atoms with Gasteiger partial charge >= 0.3 is 0 Å². The van der Waals surface area contributed by atoms with Gasteiger partial charge in [0.1, 0.15) is 5.82 Å².